The van der Waals surface area contributed by atoms with E-state index in [2.05, 4.69) is 31.6 Å². The molecule has 0 aliphatic carbocycles. The Hall–Kier alpha value is -3.33. The summed E-state index contributed by atoms with van der Waals surface area (Å²) in [7, 11) is 0. The molecule has 2 aromatic carbocycles. The van der Waals surface area contributed by atoms with E-state index >= 15 is 0 Å². The lowest BCUT2D eigenvalue weighted by Crippen LogP contribution is -2.47. The van der Waals surface area contributed by atoms with Crippen LogP contribution in [0.25, 0.3) is 11.4 Å². The van der Waals surface area contributed by atoms with Gasteiger partial charge in [0.1, 0.15) is 6.54 Å². The molecule has 26 heavy (non-hydrogen) atoms. The molecule has 0 saturated carbocycles. The van der Waals surface area contributed by atoms with Crippen molar-refractivity contribution in [1.29, 1.82) is 0 Å². The van der Waals surface area contributed by atoms with Gasteiger partial charge in [0.05, 0.1) is 0 Å². The number of rotatable bonds is 5. The summed E-state index contributed by atoms with van der Waals surface area (Å²) in [5.74, 6) is 0.122. The van der Waals surface area contributed by atoms with Gasteiger partial charge in [0.15, 0.2) is 5.11 Å². The van der Waals surface area contributed by atoms with E-state index in [0.717, 1.165) is 11.1 Å². The molecule has 0 unspecified atom stereocenters. The third-order valence-electron chi connectivity index (χ3n) is 3.38. The van der Waals surface area contributed by atoms with E-state index in [1.54, 1.807) is 0 Å². The molecule has 0 bridgehead atoms. The molecule has 9 heteroatoms. The molecule has 0 aliphatic heterocycles. The van der Waals surface area contributed by atoms with Gasteiger partial charge in [-0.05, 0) is 23.0 Å². The number of carbonyl (C=O) groups is 1. The number of carbonyl (C=O) groups excluding carboxylic acids is 1. The van der Waals surface area contributed by atoms with Crippen LogP contribution in [0.4, 0.5) is 0 Å². The highest BCUT2D eigenvalue weighted by molar-refractivity contribution is 7.80. The van der Waals surface area contributed by atoms with Crippen LogP contribution in [0.15, 0.2) is 60.7 Å². The van der Waals surface area contributed by atoms with Crippen molar-refractivity contribution in [3.63, 3.8) is 0 Å². The van der Waals surface area contributed by atoms with Crippen LogP contribution in [-0.4, -0.2) is 31.2 Å². The maximum Gasteiger partial charge on any atom is 0.262 e. The quantitative estimate of drug-likeness (QED) is 0.458. The molecule has 3 aromatic rings. The summed E-state index contributed by atoms with van der Waals surface area (Å²) in [4.78, 5) is 13.2. The molecular weight excluding hydrogens is 350 g/mol. The molecular formula is C17H17N7OS. The Labute approximate surface area is 155 Å². The van der Waals surface area contributed by atoms with Crippen LogP contribution in [-0.2, 0) is 17.9 Å². The SMILES string of the molecule is O=C(Cn1nnc(-c2ccccc2)n1)NNC(=S)NCc1ccccc1. The zero-order chi connectivity index (χ0) is 18.2. The summed E-state index contributed by atoms with van der Waals surface area (Å²) in [6.07, 6.45) is 0. The van der Waals surface area contributed by atoms with Gasteiger partial charge in [-0.2, -0.15) is 4.80 Å². The molecule has 1 heterocycles. The van der Waals surface area contributed by atoms with Crippen molar-refractivity contribution in [2.75, 3.05) is 0 Å². The maximum atomic E-state index is 11.9. The predicted octanol–water partition coefficient (Wildman–Crippen LogP) is 1.04. The number of aromatic nitrogens is 4. The zero-order valence-corrected chi connectivity index (χ0v) is 14.6. The van der Waals surface area contributed by atoms with Crippen LogP contribution in [0.5, 0.6) is 0 Å². The summed E-state index contributed by atoms with van der Waals surface area (Å²) >= 11 is 5.12. The van der Waals surface area contributed by atoms with Gasteiger partial charge in [0.2, 0.25) is 5.82 Å². The lowest BCUT2D eigenvalue weighted by molar-refractivity contribution is -0.122. The van der Waals surface area contributed by atoms with Crippen molar-refractivity contribution >= 4 is 23.2 Å². The standard InChI is InChI=1S/C17H17N7OS/c25-15(19-21-17(26)18-11-13-7-3-1-4-8-13)12-24-22-16(20-23-24)14-9-5-2-6-10-14/h1-10H,11-12H2,(H,19,25)(H2,18,21,26). The Morgan fingerprint density at radius 2 is 1.69 bits per heavy atom. The van der Waals surface area contributed by atoms with Crippen LogP contribution in [0.3, 0.4) is 0 Å². The van der Waals surface area contributed by atoms with E-state index in [4.69, 9.17) is 12.2 Å². The number of nitrogens with one attached hydrogen (secondary N) is 3. The average Bonchev–Trinajstić information content (AvgIpc) is 3.15. The normalized spacial score (nSPS) is 10.2. The number of amides is 1. The van der Waals surface area contributed by atoms with Gasteiger partial charge in [-0.25, -0.2) is 0 Å². The molecule has 3 N–H and O–H groups in total. The van der Waals surface area contributed by atoms with Crippen molar-refractivity contribution in [3.8, 4) is 11.4 Å². The number of benzene rings is 2. The van der Waals surface area contributed by atoms with Gasteiger partial charge >= 0.3 is 0 Å². The molecule has 8 nitrogen and oxygen atoms in total. The summed E-state index contributed by atoms with van der Waals surface area (Å²) < 4.78 is 0. The van der Waals surface area contributed by atoms with E-state index < -0.39 is 0 Å². The van der Waals surface area contributed by atoms with Crippen LogP contribution in [0.2, 0.25) is 0 Å². The molecule has 132 valence electrons. The molecule has 0 atom stereocenters. The fourth-order valence-corrected chi connectivity index (χ4v) is 2.25. The summed E-state index contributed by atoms with van der Waals surface area (Å²) in [6.45, 7) is 0.488. The molecule has 3 rings (SSSR count). The molecule has 0 fully saturated rings. The smallest absolute Gasteiger partial charge is 0.262 e. The minimum Gasteiger partial charge on any atom is -0.357 e. The highest BCUT2D eigenvalue weighted by Gasteiger charge is 2.09. The van der Waals surface area contributed by atoms with E-state index in [1.165, 1.54) is 4.80 Å². The Balaban J connectivity index is 1.43. The molecule has 0 saturated heterocycles. The Bertz CT molecular complexity index is 867. The number of hydrogen-bond acceptors (Lipinski definition) is 5. The van der Waals surface area contributed by atoms with E-state index in [9.17, 15) is 4.79 Å². The molecule has 1 amide bonds. The third kappa shape index (κ3) is 5.08. The van der Waals surface area contributed by atoms with Crippen molar-refractivity contribution in [3.05, 3.63) is 66.2 Å². The second-order valence-corrected chi connectivity index (χ2v) is 5.76. The van der Waals surface area contributed by atoms with Gasteiger partial charge in [0, 0.05) is 12.1 Å². The average molecular weight is 367 g/mol. The largest absolute Gasteiger partial charge is 0.357 e. The Morgan fingerprint density at radius 3 is 2.42 bits per heavy atom. The number of tetrazole rings is 1. The number of hydrogen-bond donors (Lipinski definition) is 3. The van der Waals surface area contributed by atoms with Crippen molar-refractivity contribution in [2.24, 2.45) is 0 Å². The third-order valence-corrected chi connectivity index (χ3v) is 3.63. The summed E-state index contributed by atoms with van der Waals surface area (Å²) in [5, 5.41) is 15.3. The number of nitrogens with zero attached hydrogens (tertiary/aromatic N) is 4. The maximum absolute atomic E-state index is 11.9. The van der Waals surface area contributed by atoms with E-state index in [0.29, 0.717) is 17.5 Å². The van der Waals surface area contributed by atoms with E-state index in [1.807, 2.05) is 60.7 Å². The summed E-state index contributed by atoms with van der Waals surface area (Å²) in [6, 6.07) is 19.2. The van der Waals surface area contributed by atoms with Gasteiger partial charge in [-0.3, -0.25) is 15.6 Å². The topological polar surface area (TPSA) is 96.8 Å². The Morgan fingerprint density at radius 1 is 1.00 bits per heavy atom. The number of thiocarbonyl (C=S) groups is 1. The molecule has 0 spiro atoms. The monoisotopic (exact) mass is 367 g/mol. The second-order valence-electron chi connectivity index (χ2n) is 5.35. The lowest BCUT2D eigenvalue weighted by Gasteiger charge is -2.11. The van der Waals surface area contributed by atoms with Gasteiger partial charge in [-0.15, -0.1) is 10.2 Å². The number of hydrazine groups is 1. The van der Waals surface area contributed by atoms with E-state index in [-0.39, 0.29) is 12.5 Å². The van der Waals surface area contributed by atoms with Crippen LogP contribution >= 0.6 is 12.2 Å². The second kappa shape index (κ2) is 8.67. The lowest BCUT2D eigenvalue weighted by atomic mass is 10.2. The first-order chi connectivity index (χ1) is 12.7. The summed E-state index contributed by atoms with van der Waals surface area (Å²) in [5.41, 5.74) is 7.06. The highest BCUT2D eigenvalue weighted by Crippen LogP contribution is 2.11. The van der Waals surface area contributed by atoms with Crippen molar-refractivity contribution in [1.82, 2.24) is 36.4 Å². The van der Waals surface area contributed by atoms with Gasteiger partial charge < -0.3 is 5.32 Å². The fraction of sp³-hybridized carbons (Fsp3) is 0.118. The van der Waals surface area contributed by atoms with Gasteiger partial charge in [-0.1, -0.05) is 60.7 Å². The van der Waals surface area contributed by atoms with Crippen LogP contribution in [0.1, 0.15) is 5.56 Å². The first-order valence-electron chi connectivity index (χ1n) is 7.90. The molecule has 0 radical (unpaired) electrons. The predicted molar refractivity (Wildman–Crippen MR) is 100 cm³/mol. The van der Waals surface area contributed by atoms with Crippen LogP contribution < -0.4 is 16.2 Å². The van der Waals surface area contributed by atoms with Gasteiger partial charge in [0.25, 0.3) is 5.91 Å². The Kier molecular flexibility index (Phi) is 5.84. The van der Waals surface area contributed by atoms with Crippen molar-refractivity contribution < 1.29 is 4.79 Å². The minimum absolute atomic E-state index is 0.0753. The van der Waals surface area contributed by atoms with Crippen LogP contribution in [0, 0.1) is 0 Å². The highest BCUT2D eigenvalue weighted by atomic mass is 32.1. The first-order valence-corrected chi connectivity index (χ1v) is 8.31. The molecule has 1 aromatic heterocycles. The zero-order valence-electron chi connectivity index (χ0n) is 13.8. The fourth-order valence-electron chi connectivity index (χ4n) is 2.13. The molecule has 0 aliphatic rings. The minimum atomic E-state index is -0.342. The first kappa shape index (κ1) is 17.5. The van der Waals surface area contributed by atoms with Crippen molar-refractivity contribution in [2.45, 2.75) is 13.1 Å².